The van der Waals surface area contributed by atoms with Gasteiger partial charge in [0, 0.05) is 43.7 Å². The number of nitrogens with two attached hydrogens (primary N) is 1. The van der Waals surface area contributed by atoms with Crippen molar-refractivity contribution in [3.8, 4) is 16.2 Å². The Labute approximate surface area is 261 Å². The first-order valence-electron chi connectivity index (χ1n) is 14.2. The Bertz CT molecular complexity index is 1480. The second-order valence-corrected chi connectivity index (χ2v) is 12.0. The fourth-order valence-corrected chi connectivity index (χ4v) is 6.58. The number of ether oxygens (including phenoxy) is 1. The molecule has 4 N–H and O–H groups in total. The molecule has 1 saturated heterocycles. The van der Waals surface area contributed by atoms with Crippen LogP contribution in [-0.4, -0.2) is 75.5 Å². The van der Waals surface area contributed by atoms with Gasteiger partial charge in [-0.25, -0.2) is 4.98 Å². The highest BCUT2D eigenvalue weighted by Crippen LogP contribution is 2.33. The van der Waals surface area contributed by atoms with E-state index in [2.05, 4.69) is 10.3 Å². The van der Waals surface area contributed by atoms with Crippen molar-refractivity contribution in [1.29, 1.82) is 0 Å². The van der Waals surface area contributed by atoms with Crippen molar-refractivity contribution in [2.24, 2.45) is 11.7 Å². The van der Waals surface area contributed by atoms with Gasteiger partial charge < -0.3 is 30.7 Å². The van der Waals surface area contributed by atoms with Crippen LogP contribution in [0, 0.1) is 12.8 Å². The molecule has 0 unspecified atom stereocenters. The highest BCUT2D eigenvalue weighted by molar-refractivity contribution is 7.13. The number of halogens is 1. The van der Waals surface area contributed by atoms with Crippen LogP contribution in [0.5, 0.6) is 5.75 Å². The predicted octanol–water partition coefficient (Wildman–Crippen LogP) is 3.14. The minimum atomic E-state index is -0.860. The number of carbonyl (C=O) groups is 3. The maximum Gasteiger partial charge on any atom is 0.255 e. The van der Waals surface area contributed by atoms with E-state index >= 15 is 0 Å². The van der Waals surface area contributed by atoms with Crippen molar-refractivity contribution >= 4 is 41.5 Å². The molecule has 1 fully saturated rings. The lowest BCUT2D eigenvalue weighted by molar-refractivity contribution is -0.143. The Hall–Kier alpha value is -3.51. The molecule has 0 bridgehead atoms. The third-order valence-corrected chi connectivity index (χ3v) is 8.82. The Morgan fingerprint density at radius 3 is 2.67 bits per heavy atom. The molecule has 2 aromatic carbocycles. The van der Waals surface area contributed by atoms with E-state index in [0.29, 0.717) is 31.0 Å². The average molecular weight is 628 g/mol. The SMILES string of the molecule is Cc1ncsc1-c1ccc(CNC(=O)[C@@H]2C[C@@H](O)CN2C(=O)[C@H](C(C)C)N2Cc3ccccc3C2=O)c(OCCN)c1.Cl. The van der Waals surface area contributed by atoms with Crippen LogP contribution < -0.4 is 15.8 Å². The molecule has 1 aromatic heterocycles. The lowest BCUT2D eigenvalue weighted by Gasteiger charge is -2.35. The lowest BCUT2D eigenvalue weighted by Crippen LogP contribution is -2.55. The molecule has 43 heavy (non-hydrogen) atoms. The number of likely N-dealkylation sites (tertiary alicyclic amines) is 1. The number of thiazole rings is 1. The van der Waals surface area contributed by atoms with E-state index in [0.717, 1.165) is 27.3 Å². The van der Waals surface area contributed by atoms with Gasteiger partial charge in [0.05, 0.1) is 22.2 Å². The molecule has 2 aliphatic rings. The summed E-state index contributed by atoms with van der Waals surface area (Å²) in [5.41, 5.74) is 11.6. The molecular formula is C31H38ClN5O5S. The zero-order valence-electron chi connectivity index (χ0n) is 24.5. The van der Waals surface area contributed by atoms with Gasteiger partial charge in [-0.05, 0) is 36.1 Å². The zero-order valence-corrected chi connectivity index (χ0v) is 26.1. The Morgan fingerprint density at radius 2 is 2.00 bits per heavy atom. The van der Waals surface area contributed by atoms with Crippen molar-refractivity contribution in [3.63, 3.8) is 0 Å². The summed E-state index contributed by atoms with van der Waals surface area (Å²) in [5.74, 6) is -0.484. The van der Waals surface area contributed by atoms with Gasteiger partial charge in [0.1, 0.15) is 24.4 Å². The number of aliphatic hydroxyl groups is 1. The first kappa shape index (κ1) is 32.4. The molecule has 3 heterocycles. The summed E-state index contributed by atoms with van der Waals surface area (Å²) in [4.78, 5) is 49.1. The molecule has 10 nitrogen and oxygen atoms in total. The van der Waals surface area contributed by atoms with E-state index in [1.165, 1.54) is 4.90 Å². The molecule has 0 radical (unpaired) electrons. The molecule has 5 rings (SSSR count). The number of carbonyl (C=O) groups excluding carboxylic acids is 3. The highest BCUT2D eigenvalue weighted by atomic mass is 35.5. The third-order valence-electron chi connectivity index (χ3n) is 7.84. The number of rotatable bonds is 10. The Kier molecular flexibility index (Phi) is 10.4. The summed E-state index contributed by atoms with van der Waals surface area (Å²) >= 11 is 1.54. The topological polar surface area (TPSA) is 138 Å². The van der Waals surface area contributed by atoms with Gasteiger partial charge in [-0.2, -0.15) is 0 Å². The predicted molar refractivity (Wildman–Crippen MR) is 167 cm³/mol. The van der Waals surface area contributed by atoms with E-state index in [9.17, 15) is 19.5 Å². The maximum absolute atomic E-state index is 14.0. The number of hydrogen-bond donors (Lipinski definition) is 3. The van der Waals surface area contributed by atoms with E-state index in [1.54, 1.807) is 27.8 Å². The van der Waals surface area contributed by atoms with Crippen molar-refractivity contribution in [1.82, 2.24) is 20.1 Å². The van der Waals surface area contributed by atoms with Crippen molar-refractivity contribution in [2.75, 3.05) is 19.7 Å². The number of β-amino-alcohol motifs (C(OH)–C–C–N with tert-alkyl or cyclic N) is 1. The van der Waals surface area contributed by atoms with Crippen LogP contribution in [0.25, 0.3) is 10.4 Å². The minimum absolute atomic E-state index is 0. The zero-order chi connectivity index (χ0) is 30.0. The van der Waals surface area contributed by atoms with Crippen LogP contribution in [0.3, 0.4) is 0 Å². The molecular weight excluding hydrogens is 590 g/mol. The van der Waals surface area contributed by atoms with Gasteiger partial charge >= 0.3 is 0 Å². The summed E-state index contributed by atoms with van der Waals surface area (Å²) in [6.45, 7) is 6.92. The maximum atomic E-state index is 14.0. The van der Waals surface area contributed by atoms with E-state index in [-0.39, 0.29) is 55.6 Å². The number of nitrogens with one attached hydrogen (secondary N) is 1. The third kappa shape index (κ3) is 6.70. The largest absolute Gasteiger partial charge is 0.492 e. The Morgan fingerprint density at radius 1 is 1.23 bits per heavy atom. The first-order chi connectivity index (χ1) is 20.2. The molecule has 3 atom stereocenters. The summed E-state index contributed by atoms with van der Waals surface area (Å²) in [6, 6.07) is 11.5. The Balaban J connectivity index is 0.00000423. The highest BCUT2D eigenvalue weighted by Gasteiger charge is 2.45. The van der Waals surface area contributed by atoms with E-state index < -0.39 is 18.2 Å². The van der Waals surface area contributed by atoms with Crippen LogP contribution in [0.1, 0.15) is 47.4 Å². The fourth-order valence-electron chi connectivity index (χ4n) is 5.78. The fraction of sp³-hybridized carbons (Fsp3) is 0.419. The van der Waals surface area contributed by atoms with E-state index in [4.69, 9.17) is 10.5 Å². The molecule has 3 aromatic rings. The molecule has 2 aliphatic heterocycles. The van der Waals surface area contributed by atoms with Crippen LogP contribution in [0.2, 0.25) is 0 Å². The molecule has 12 heteroatoms. The normalized spacial score (nSPS) is 18.4. The molecule has 0 spiro atoms. The summed E-state index contributed by atoms with van der Waals surface area (Å²) in [7, 11) is 0. The molecule has 3 amide bonds. The van der Waals surface area contributed by atoms with Crippen molar-refractivity contribution in [3.05, 3.63) is 70.4 Å². The van der Waals surface area contributed by atoms with Crippen LogP contribution in [-0.2, 0) is 22.7 Å². The van der Waals surface area contributed by atoms with Gasteiger partial charge in [-0.1, -0.05) is 44.2 Å². The number of aromatic nitrogens is 1. The molecule has 0 aliphatic carbocycles. The smallest absolute Gasteiger partial charge is 0.255 e. The number of amides is 3. The number of aryl methyl sites for hydroxylation is 1. The number of nitrogens with zero attached hydrogens (tertiary/aromatic N) is 3. The summed E-state index contributed by atoms with van der Waals surface area (Å²) in [5, 5.41) is 13.5. The second-order valence-electron chi connectivity index (χ2n) is 11.1. The van der Waals surface area contributed by atoms with Gasteiger partial charge in [-0.15, -0.1) is 23.7 Å². The van der Waals surface area contributed by atoms with Crippen LogP contribution >= 0.6 is 23.7 Å². The first-order valence-corrected chi connectivity index (χ1v) is 15.1. The van der Waals surface area contributed by atoms with Gasteiger partial charge in [0.25, 0.3) is 5.91 Å². The average Bonchev–Trinajstić information content (AvgIpc) is 3.67. The van der Waals surface area contributed by atoms with Crippen molar-refractivity contribution < 1.29 is 24.2 Å². The number of fused-ring (bicyclic) bond motifs is 1. The van der Waals surface area contributed by atoms with Crippen molar-refractivity contribution in [2.45, 2.75) is 58.5 Å². The standard InChI is InChI=1S/C31H37N5O5S.ClH/c1-18(2)27(36-15-22-6-4-5-7-24(22)30(36)39)31(40)35-16-23(37)13-25(35)29(38)33-14-21-9-8-20(12-26(21)41-11-10-32)28-19(3)34-17-42-28;/h4-9,12,17-18,23,25,27,37H,10-11,13-16,32H2,1-3H3,(H,33,38);1H/t23-,25+,27+;/m1./s1. The second kappa shape index (κ2) is 13.9. The summed E-state index contributed by atoms with van der Waals surface area (Å²) < 4.78 is 5.92. The molecule has 230 valence electrons. The van der Waals surface area contributed by atoms with Gasteiger partial charge in [0.15, 0.2) is 0 Å². The minimum Gasteiger partial charge on any atom is -0.492 e. The van der Waals surface area contributed by atoms with E-state index in [1.807, 2.05) is 57.2 Å². The quantitative estimate of drug-likeness (QED) is 0.314. The summed E-state index contributed by atoms with van der Waals surface area (Å²) in [6.07, 6.45) is -0.717. The number of hydrogen-bond acceptors (Lipinski definition) is 8. The lowest BCUT2D eigenvalue weighted by atomic mass is 10.0. The van der Waals surface area contributed by atoms with Crippen LogP contribution in [0.15, 0.2) is 48.0 Å². The molecule has 0 saturated carbocycles. The van der Waals surface area contributed by atoms with Gasteiger partial charge in [-0.3, -0.25) is 14.4 Å². The number of aliphatic hydroxyl groups excluding tert-OH is 1. The monoisotopic (exact) mass is 627 g/mol. The van der Waals surface area contributed by atoms with Crippen LogP contribution in [0.4, 0.5) is 0 Å². The number of benzene rings is 2. The van der Waals surface area contributed by atoms with Gasteiger partial charge in [0.2, 0.25) is 11.8 Å².